The number of hydrogen-bond donors (Lipinski definition) is 2. The Kier molecular flexibility index (Phi) is 4.10. The van der Waals surface area contributed by atoms with Crippen molar-refractivity contribution in [1.29, 1.82) is 0 Å². The molecule has 2 heterocycles. The highest BCUT2D eigenvalue weighted by Crippen LogP contribution is 2.23. The second-order valence-corrected chi connectivity index (χ2v) is 6.17. The number of para-hydroxylation sites is 1. The molecule has 2 N–H and O–H groups in total. The van der Waals surface area contributed by atoms with Crippen molar-refractivity contribution in [3.05, 3.63) is 51.7 Å². The van der Waals surface area contributed by atoms with E-state index in [1.54, 1.807) is 11.3 Å². The summed E-state index contributed by atoms with van der Waals surface area (Å²) < 4.78 is 5.67. The molecular weight excluding hydrogens is 284 g/mol. The van der Waals surface area contributed by atoms with Gasteiger partial charge in [0.15, 0.2) is 0 Å². The van der Waals surface area contributed by atoms with E-state index in [2.05, 4.69) is 23.6 Å². The molecule has 1 atom stereocenters. The van der Waals surface area contributed by atoms with Crippen molar-refractivity contribution < 1.29 is 9.53 Å². The number of amides is 2. The van der Waals surface area contributed by atoms with Crippen LogP contribution in [0.5, 0.6) is 5.75 Å². The third-order valence-corrected chi connectivity index (χ3v) is 4.61. The van der Waals surface area contributed by atoms with E-state index in [-0.39, 0.29) is 12.1 Å². The molecule has 0 saturated carbocycles. The number of aryl methyl sites for hydroxylation is 1. The van der Waals surface area contributed by atoms with Crippen LogP contribution >= 0.6 is 11.3 Å². The first-order chi connectivity index (χ1) is 10.2. The van der Waals surface area contributed by atoms with Gasteiger partial charge in [-0.05, 0) is 42.0 Å². The van der Waals surface area contributed by atoms with E-state index in [0.29, 0.717) is 13.2 Å². The standard InChI is InChI=1S/C16H18N2O2S/c1-11-6-7-21-15(11)9-17-16(19)18-13-8-12-4-2-3-5-14(12)20-10-13/h2-7,13H,8-10H2,1H3,(H2,17,18,19). The molecule has 110 valence electrons. The average Bonchev–Trinajstić information content (AvgIpc) is 2.90. The summed E-state index contributed by atoms with van der Waals surface area (Å²) in [5.41, 5.74) is 2.36. The SMILES string of the molecule is Cc1ccsc1CNC(=O)NC1COc2ccccc2C1. The fourth-order valence-electron chi connectivity index (χ4n) is 2.40. The average molecular weight is 302 g/mol. The quantitative estimate of drug-likeness (QED) is 0.916. The lowest BCUT2D eigenvalue weighted by molar-refractivity contribution is 0.214. The molecule has 0 saturated heterocycles. The molecule has 5 heteroatoms. The lowest BCUT2D eigenvalue weighted by Crippen LogP contribution is -2.47. The van der Waals surface area contributed by atoms with E-state index >= 15 is 0 Å². The molecule has 0 aliphatic carbocycles. The number of fused-ring (bicyclic) bond motifs is 1. The number of ether oxygens (including phenoxy) is 1. The minimum atomic E-state index is -0.143. The maximum Gasteiger partial charge on any atom is 0.315 e. The van der Waals surface area contributed by atoms with Gasteiger partial charge in [0.2, 0.25) is 0 Å². The largest absolute Gasteiger partial charge is 0.491 e. The summed E-state index contributed by atoms with van der Waals surface area (Å²) in [7, 11) is 0. The third kappa shape index (κ3) is 3.36. The minimum Gasteiger partial charge on any atom is -0.491 e. The van der Waals surface area contributed by atoms with Gasteiger partial charge in [0.05, 0.1) is 12.6 Å². The van der Waals surface area contributed by atoms with Crippen molar-refractivity contribution in [2.24, 2.45) is 0 Å². The molecule has 21 heavy (non-hydrogen) atoms. The number of thiophene rings is 1. The van der Waals surface area contributed by atoms with E-state index in [1.807, 2.05) is 29.6 Å². The minimum absolute atomic E-state index is 0.0179. The lowest BCUT2D eigenvalue weighted by atomic mass is 10.0. The van der Waals surface area contributed by atoms with E-state index in [1.165, 1.54) is 10.4 Å². The Balaban J connectivity index is 1.51. The zero-order chi connectivity index (χ0) is 14.7. The van der Waals surface area contributed by atoms with E-state index in [4.69, 9.17) is 4.74 Å². The Hall–Kier alpha value is -2.01. The summed E-state index contributed by atoms with van der Waals surface area (Å²) in [5, 5.41) is 7.91. The van der Waals surface area contributed by atoms with Gasteiger partial charge >= 0.3 is 6.03 Å². The van der Waals surface area contributed by atoms with Crippen molar-refractivity contribution in [2.45, 2.75) is 25.9 Å². The molecular formula is C16H18N2O2S. The van der Waals surface area contributed by atoms with Gasteiger partial charge in [0.25, 0.3) is 0 Å². The monoisotopic (exact) mass is 302 g/mol. The van der Waals surface area contributed by atoms with Gasteiger partial charge in [-0.25, -0.2) is 4.79 Å². The van der Waals surface area contributed by atoms with Crippen LogP contribution < -0.4 is 15.4 Å². The molecule has 1 aromatic heterocycles. The number of rotatable bonds is 3. The number of urea groups is 1. The summed E-state index contributed by atoms with van der Waals surface area (Å²) in [5.74, 6) is 0.921. The van der Waals surface area contributed by atoms with Gasteiger partial charge in [-0.2, -0.15) is 0 Å². The Morgan fingerprint density at radius 2 is 2.24 bits per heavy atom. The first-order valence-electron chi connectivity index (χ1n) is 7.00. The molecule has 2 aromatic rings. The summed E-state index contributed by atoms with van der Waals surface area (Å²) in [4.78, 5) is 13.1. The summed E-state index contributed by atoms with van der Waals surface area (Å²) in [6, 6.07) is 9.89. The molecule has 3 rings (SSSR count). The number of hydrogen-bond acceptors (Lipinski definition) is 3. The van der Waals surface area contributed by atoms with Crippen molar-refractivity contribution in [3.8, 4) is 5.75 Å². The van der Waals surface area contributed by atoms with Crippen LogP contribution in [0.25, 0.3) is 0 Å². The predicted octanol–water partition coefficient (Wildman–Crippen LogP) is 2.86. The second-order valence-electron chi connectivity index (χ2n) is 5.17. The topological polar surface area (TPSA) is 50.4 Å². The Bertz CT molecular complexity index is 639. The van der Waals surface area contributed by atoms with Crippen LogP contribution in [-0.2, 0) is 13.0 Å². The molecule has 0 spiro atoms. The molecule has 1 unspecified atom stereocenters. The summed E-state index contributed by atoms with van der Waals surface area (Å²) >= 11 is 1.66. The highest BCUT2D eigenvalue weighted by atomic mass is 32.1. The van der Waals surface area contributed by atoms with Crippen LogP contribution in [0, 0.1) is 6.92 Å². The van der Waals surface area contributed by atoms with Gasteiger partial charge in [0.1, 0.15) is 12.4 Å². The number of carbonyl (C=O) groups is 1. The van der Waals surface area contributed by atoms with E-state index in [9.17, 15) is 4.79 Å². The summed E-state index contributed by atoms with van der Waals surface area (Å²) in [6.07, 6.45) is 0.807. The van der Waals surface area contributed by atoms with Gasteiger partial charge in [0, 0.05) is 4.88 Å². The molecule has 2 amide bonds. The Labute approximate surface area is 128 Å². The molecule has 1 aliphatic heterocycles. The normalized spacial score (nSPS) is 16.7. The van der Waals surface area contributed by atoms with Crippen molar-refractivity contribution >= 4 is 17.4 Å². The Morgan fingerprint density at radius 1 is 1.38 bits per heavy atom. The first kappa shape index (κ1) is 13.9. The highest BCUT2D eigenvalue weighted by molar-refractivity contribution is 7.10. The third-order valence-electron chi connectivity index (χ3n) is 3.59. The van der Waals surface area contributed by atoms with Crippen molar-refractivity contribution in [1.82, 2.24) is 10.6 Å². The van der Waals surface area contributed by atoms with Crippen LogP contribution in [0.15, 0.2) is 35.7 Å². The first-order valence-corrected chi connectivity index (χ1v) is 7.88. The molecule has 0 bridgehead atoms. The van der Waals surface area contributed by atoms with Crippen LogP contribution in [0.3, 0.4) is 0 Å². The zero-order valence-corrected chi connectivity index (χ0v) is 12.7. The lowest BCUT2D eigenvalue weighted by Gasteiger charge is -2.26. The number of nitrogens with one attached hydrogen (secondary N) is 2. The summed E-state index contributed by atoms with van der Waals surface area (Å²) in [6.45, 7) is 3.14. The van der Waals surface area contributed by atoms with Crippen LogP contribution in [0.4, 0.5) is 4.79 Å². The van der Waals surface area contributed by atoms with Gasteiger partial charge < -0.3 is 15.4 Å². The molecule has 4 nitrogen and oxygen atoms in total. The smallest absolute Gasteiger partial charge is 0.315 e. The van der Waals surface area contributed by atoms with Crippen molar-refractivity contribution in [2.75, 3.05) is 6.61 Å². The van der Waals surface area contributed by atoms with Gasteiger partial charge in [-0.15, -0.1) is 11.3 Å². The van der Waals surface area contributed by atoms with Crippen LogP contribution in [0.2, 0.25) is 0 Å². The van der Waals surface area contributed by atoms with E-state index in [0.717, 1.165) is 17.7 Å². The molecule has 1 aliphatic rings. The van der Waals surface area contributed by atoms with Crippen LogP contribution in [-0.4, -0.2) is 18.7 Å². The zero-order valence-electron chi connectivity index (χ0n) is 11.9. The Morgan fingerprint density at radius 3 is 3.05 bits per heavy atom. The van der Waals surface area contributed by atoms with Crippen molar-refractivity contribution in [3.63, 3.8) is 0 Å². The molecule has 0 fully saturated rings. The molecule has 0 radical (unpaired) electrons. The van der Waals surface area contributed by atoms with E-state index < -0.39 is 0 Å². The maximum atomic E-state index is 12.0. The fourth-order valence-corrected chi connectivity index (χ4v) is 3.25. The molecule has 1 aromatic carbocycles. The second kappa shape index (κ2) is 6.18. The predicted molar refractivity (Wildman–Crippen MR) is 83.9 cm³/mol. The fraction of sp³-hybridized carbons (Fsp3) is 0.312. The van der Waals surface area contributed by atoms with Gasteiger partial charge in [-0.1, -0.05) is 18.2 Å². The number of carbonyl (C=O) groups excluding carboxylic acids is 1. The maximum absolute atomic E-state index is 12.0. The number of benzene rings is 1. The highest BCUT2D eigenvalue weighted by Gasteiger charge is 2.20. The van der Waals surface area contributed by atoms with Crippen LogP contribution in [0.1, 0.15) is 16.0 Å². The van der Waals surface area contributed by atoms with Gasteiger partial charge in [-0.3, -0.25) is 0 Å².